The fraction of sp³-hybridized carbons (Fsp3) is 0.0909. The highest BCUT2D eigenvalue weighted by molar-refractivity contribution is 6.31. The Morgan fingerprint density at radius 2 is 1.30 bits per heavy atom. The van der Waals surface area contributed by atoms with Crippen molar-refractivity contribution in [3.8, 4) is 0 Å². The predicted molar refractivity (Wildman–Crippen MR) is 121 cm³/mol. The Hall–Kier alpha value is -3.22. The van der Waals surface area contributed by atoms with Gasteiger partial charge in [0.25, 0.3) is 0 Å². The monoisotopic (exact) mass is 443 g/mol. The maximum Gasteiger partial charge on any atom is 0.412 e. The van der Waals surface area contributed by atoms with Crippen LogP contribution in [-0.2, 0) is 4.74 Å². The lowest BCUT2D eigenvalue weighted by molar-refractivity contribution is 0.121. The summed E-state index contributed by atoms with van der Waals surface area (Å²) in [7, 11) is 0. The molecule has 0 aliphatic carbocycles. The van der Waals surface area contributed by atoms with Crippen LogP contribution in [0.4, 0.5) is 26.7 Å². The molecule has 1 atom stereocenters. The third-order valence-electron chi connectivity index (χ3n) is 4.09. The number of anilines is 3. The van der Waals surface area contributed by atoms with E-state index in [1.165, 1.54) is 0 Å². The Morgan fingerprint density at radius 3 is 1.90 bits per heavy atom. The van der Waals surface area contributed by atoms with E-state index in [4.69, 9.17) is 27.9 Å². The fourth-order valence-electron chi connectivity index (χ4n) is 2.61. The normalized spacial score (nSPS) is 11.3. The second-order valence-corrected chi connectivity index (χ2v) is 7.26. The van der Waals surface area contributed by atoms with Crippen LogP contribution in [0.25, 0.3) is 0 Å². The summed E-state index contributed by atoms with van der Waals surface area (Å²) in [5.74, 6) is 0. The zero-order valence-electron chi connectivity index (χ0n) is 16.0. The van der Waals surface area contributed by atoms with E-state index in [1.54, 1.807) is 73.7 Å². The van der Waals surface area contributed by atoms with Gasteiger partial charge in [-0.15, -0.1) is 0 Å². The first-order valence-electron chi connectivity index (χ1n) is 9.06. The molecule has 0 aliphatic heterocycles. The Kier molecular flexibility index (Phi) is 7.17. The summed E-state index contributed by atoms with van der Waals surface area (Å²) < 4.78 is 5.41. The van der Waals surface area contributed by atoms with Gasteiger partial charge in [-0.05, 0) is 73.2 Å². The molecule has 0 heterocycles. The lowest BCUT2D eigenvalue weighted by atomic mass is 10.1. The fourth-order valence-corrected chi connectivity index (χ4v) is 2.86. The first-order chi connectivity index (χ1) is 14.4. The van der Waals surface area contributed by atoms with Crippen molar-refractivity contribution in [3.63, 3.8) is 0 Å². The molecule has 0 fully saturated rings. The summed E-state index contributed by atoms with van der Waals surface area (Å²) in [6.07, 6.45) is -1.12. The van der Waals surface area contributed by atoms with E-state index < -0.39 is 18.2 Å². The van der Waals surface area contributed by atoms with E-state index >= 15 is 0 Å². The average molecular weight is 444 g/mol. The summed E-state index contributed by atoms with van der Waals surface area (Å²) in [6, 6.07) is 20.1. The van der Waals surface area contributed by atoms with Gasteiger partial charge >= 0.3 is 12.1 Å². The molecule has 154 valence electrons. The smallest absolute Gasteiger partial charge is 0.412 e. The molecule has 3 aromatic carbocycles. The van der Waals surface area contributed by atoms with E-state index in [1.807, 2.05) is 6.07 Å². The zero-order chi connectivity index (χ0) is 21.5. The zero-order valence-corrected chi connectivity index (χ0v) is 17.5. The standard InChI is InChI=1S/C22H19Cl2N3O3/c1-14(30-22(29)27-19-11-7-17(24)8-12-19)15-3-2-4-20(13-15)26-21(28)25-18-9-5-16(23)6-10-18/h2-14H,1H3,(H,27,29)(H2,25,26,28). The maximum absolute atomic E-state index is 12.2. The molecule has 8 heteroatoms. The van der Waals surface area contributed by atoms with Crippen molar-refractivity contribution in [2.24, 2.45) is 0 Å². The third-order valence-corrected chi connectivity index (χ3v) is 4.59. The molecule has 6 nitrogen and oxygen atoms in total. The van der Waals surface area contributed by atoms with Gasteiger partial charge in [-0.2, -0.15) is 0 Å². The Labute approximate surface area is 184 Å². The number of rotatable bonds is 5. The van der Waals surface area contributed by atoms with Gasteiger partial charge in [0.15, 0.2) is 0 Å². The van der Waals surface area contributed by atoms with Crippen molar-refractivity contribution >= 4 is 52.4 Å². The lowest BCUT2D eigenvalue weighted by Crippen LogP contribution is -2.19. The number of carbonyl (C=O) groups excluding carboxylic acids is 2. The van der Waals surface area contributed by atoms with E-state index in [-0.39, 0.29) is 0 Å². The summed E-state index contributed by atoms with van der Waals surface area (Å²) in [5.41, 5.74) is 2.48. The van der Waals surface area contributed by atoms with Gasteiger partial charge < -0.3 is 15.4 Å². The number of nitrogens with one attached hydrogen (secondary N) is 3. The van der Waals surface area contributed by atoms with Crippen molar-refractivity contribution in [3.05, 3.63) is 88.4 Å². The number of halogens is 2. The maximum atomic E-state index is 12.2. The van der Waals surface area contributed by atoms with Gasteiger partial charge in [0.05, 0.1) is 0 Å². The molecular formula is C22H19Cl2N3O3. The van der Waals surface area contributed by atoms with Gasteiger partial charge in [0.1, 0.15) is 6.10 Å². The molecular weight excluding hydrogens is 425 g/mol. The molecule has 30 heavy (non-hydrogen) atoms. The first kappa shape index (κ1) is 21.5. The van der Waals surface area contributed by atoms with Gasteiger partial charge in [0, 0.05) is 27.1 Å². The molecule has 0 spiro atoms. The van der Waals surface area contributed by atoms with Crippen LogP contribution >= 0.6 is 23.2 Å². The van der Waals surface area contributed by atoms with Crippen LogP contribution in [0, 0.1) is 0 Å². The summed E-state index contributed by atoms with van der Waals surface area (Å²) in [5, 5.41) is 9.26. The number of ether oxygens (including phenoxy) is 1. The summed E-state index contributed by atoms with van der Waals surface area (Å²) in [4.78, 5) is 24.3. The highest BCUT2D eigenvalue weighted by Gasteiger charge is 2.13. The predicted octanol–water partition coefficient (Wildman–Crippen LogP) is 6.95. The van der Waals surface area contributed by atoms with Crippen LogP contribution in [0.2, 0.25) is 10.0 Å². The van der Waals surface area contributed by atoms with Crippen molar-refractivity contribution < 1.29 is 14.3 Å². The number of hydrogen-bond donors (Lipinski definition) is 3. The lowest BCUT2D eigenvalue weighted by Gasteiger charge is -2.16. The van der Waals surface area contributed by atoms with Crippen molar-refractivity contribution in [2.75, 3.05) is 16.0 Å². The Bertz CT molecular complexity index is 1020. The van der Waals surface area contributed by atoms with Crippen LogP contribution in [0.15, 0.2) is 72.8 Å². The molecule has 3 aromatic rings. The van der Waals surface area contributed by atoms with Gasteiger partial charge in [0.2, 0.25) is 0 Å². The van der Waals surface area contributed by atoms with Gasteiger partial charge in [-0.1, -0.05) is 35.3 Å². The van der Waals surface area contributed by atoms with Crippen molar-refractivity contribution in [1.29, 1.82) is 0 Å². The van der Waals surface area contributed by atoms with E-state index in [2.05, 4.69) is 16.0 Å². The van der Waals surface area contributed by atoms with Crippen LogP contribution in [0.5, 0.6) is 0 Å². The largest absolute Gasteiger partial charge is 0.441 e. The molecule has 0 saturated carbocycles. The molecule has 3 rings (SSSR count). The highest BCUT2D eigenvalue weighted by atomic mass is 35.5. The van der Waals surface area contributed by atoms with Crippen LogP contribution in [-0.4, -0.2) is 12.1 Å². The number of amides is 3. The Morgan fingerprint density at radius 1 is 0.767 bits per heavy atom. The number of carbonyl (C=O) groups is 2. The highest BCUT2D eigenvalue weighted by Crippen LogP contribution is 2.22. The Balaban J connectivity index is 1.56. The summed E-state index contributed by atoms with van der Waals surface area (Å²) in [6.45, 7) is 1.74. The van der Waals surface area contributed by atoms with Crippen molar-refractivity contribution in [1.82, 2.24) is 0 Å². The van der Waals surface area contributed by atoms with Gasteiger partial charge in [-0.3, -0.25) is 5.32 Å². The quantitative estimate of drug-likeness (QED) is 0.399. The number of hydrogen-bond acceptors (Lipinski definition) is 3. The number of urea groups is 1. The second-order valence-electron chi connectivity index (χ2n) is 6.39. The third kappa shape index (κ3) is 6.40. The van der Waals surface area contributed by atoms with E-state index in [0.717, 1.165) is 5.56 Å². The topological polar surface area (TPSA) is 79.5 Å². The van der Waals surface area contributed by atoms with E-state index in [9.17, 15) is 9.59 Å². The van der Waals surface area contributed by atoms with Crippen molar-refractivity contribution in [2.45, 2.75) is 13.0 Å². The SMILES string of the molecule is CC(OC(=O)Nc1ccc(Cl)cc1)c1cccc(NC(=O)Nc2ccc(Cl)cc2)c1. The van der Waals surface area contributed by atoms with Crippen LogP contribution < -0.4 is 16.0 Å². The number of benzene rings is 3. The molecule has 0 aliphatic rings. The molecule has 0 radical (unpaired) electrons. The minimum absolute atomic E-state index is 0.400. The van der Waals surface area contributed by atoms with Crippen LogP contribution in [0.3, 0.4) is 0 Å². The van der Waals surface area contributed by atoms with E-state index in [0.29, 0.717) is 27.1 Å². The second kappa shape index (κ2) is 10.0. The molecule has 0 aromatic heterocycles. The average Bonchev–Trinajstić information content (AvgIpc) is 2.71. The van der Waals surface area contributed by atoms with Crippen LogP contribution in [0.1, 0.15) is 18.6 Å². The molecule has 3 N–H and O–H groups in total. The minimum atomic E-state index is -0.594. The molecule has 1 unspecified atom stereocenters. The first-order valence-corrected chi connectivity index (χ1v) is 9.81. The summed E-state index contributed by atoms with van der Waals surface area (Å²) >= 11 is 11.7. The molecule has 3 amide bonds. The molecule has 0 saturated heterocycles. The van der Waals surface area contributed by atoms with Gasteiger partial charge in [-0.25, -0.2) is 9.59 Å². The molecule has 0 bridgehead atoms. The minimum Gasteiger partial charge on any atom is -0.441 e.